The molecule has 7 nitrogen and oxygen atoms in total. The van der Waals surface area contributed by atoms with Gasteiger partial charge in [-0.05, 0) is 61.9 Å². The zero-order valence-electron chi connectivity index (χ0n) is 18.4. The van der Waals surface area contributed by atoms with Crippen molar-refractivity contribution >= 4 is 28.5 Å². The third-order valence-electron chi connectivity index (χ3n) is 7.22. The standard InChI is InChI=1S/C25H32N2O5/c28-24(23-20(10-11-26-23)16-5-2-1-3-6-16)27-18-8-9-21-17(13-18)14-22(32-21)25(29)31-15-19-7-4-12-30-19/h8-9,13-14,16,19-20,23,26H,1-7,10-12,15H2,(H,27,28)/t19-,20?,23+/m1/s1. The van der Waals surface area contributed by atoms with Crippen LogP contribution in [-0.2, 0) is 14.3 Å². The average Bonchev–Trinajstić information content (AvgIpc) is 3.58. The molecule has 3 atom stereocenters. The van der Waals surface area contributed by atoms with E-state index in [9.17, 15) is 9.59 Å². The van der Waals surface area contributed by atoms with Crippen LogP contribution in [0.5, 0.6) is 0 Å². The van der Waals surface area contributed by atoms with E-state index in [1.54, 1.807) is 12.1 Å². The van der Waals surface area contributed by atoms with Crippen LogP contribution in [0, 0.1) is 11.8 Å². The second-order valence-electron chi connectivity index (χ2n) is 9.37. The van der Waals surface area contributed by atoms with Gasteiger partial charge in [0.15, 0.2) is 0 Å². The van der Waals surface area contributed by atoms with Crippen LogP contribution in [-0.4, -0.2) is 43.8 Å². The molecule has 1 amide bonds. The van der Waals surface area contributed by atoms with Crippen LogP contribution in [0.15, 0.2) is 28.7 Å². The molecule has 1 aromatic carbocycles. The van der Waals surface area contributed by atoms with Crippen molar-refractivity contribution in [2.45, 2.75) is 63.5 Å². The molecule has 0 spiro atoms. The van der Waals surface area contributed by atoms with E-state index in [2.05, 4.69) is 10.6 Å². The van der Waals surface area contributed by atoms with Gasteiger partial charge in [-0.3, -0.25) is 4.79 Å². The number of furan rings is 1. The highest BCUT2D eigenvalue weighted by Gasteiger charge is 2.38. The van der Waals surface area contributed by atoms with Crippen molar-refractivity contribution in [1.29, 1.82) is 0 Å². The van der Waals surface area contributed by atoms with Crippen LogP contribution in [0.25, 0.3) is 11.0 Å². The number of rotatable bonds is 6. The molecule has 3 fully saturated rings. The number of amides is 1. The second-order valence-corrected chi connectivity index (χ2v) is 9.37. The summed E-state index contributed by atoms with van der Waals surface area (Å²) in [5, 5.41) is 7.24. The van der Waals surface area contributed by atoms with Crippen molar-refractivity contribution < 1.29 is 23.5 Å². The van der Waals surface area contributed by atoms with Crippen molar-refractivity contribution in [3.63, 3.8) is 0 Å². The van der Waals surface area contributed by atoms with Crippen LogP contribution in [0.3, 0.4) is 0 Å². The molecule has 2 N–H and O–H groups in total. The Balaban J connectivity index is 1.22. The van der Waals surface area contributed by atoms with Gasteiger partial charge >= 0.3 is 5.97 Å². The Bertz CT molecular complexity index is 958. The Kier molecular flexibility index (Phi) is 6.46. The fraction of sp³-hybridized carbons (Fsp3) is 0.600. The van der Waals surface area contributed by atoms with Gasteiger partial charge in [0.05, 0.1) is 12.1 Å². The molecule has 2 aromatic rings. The van der Waals surface area contributed by atoms with Gasteiger partial charge in [0, 0.05) is 17.7 Å². The van der Waals surface area contributed by atoms with Gasteiger partial charge in [0.2, 0.25) is 11.7 Å². The summed E-state index contributed by atoms with van der Waals surface area (Å²) in [7, 11) is 0. The summed E-state index contributed by atoms with van der Waals surface area (Å²) < 4.78 is 16.5. The molecule has 0 radical (unpaired) electrons. The highest BCUT2D eigenvalue weighted by molar-refractivity contribution is 5.98. The molecule has 3 aliphatic rings. The molecule has 0 bridgehead atoms. The van der Waals surface area contributed by atoms with Gasteiger partial charge in [0.25, 0.3) is 0 Å². The van der Waals surface area contributed by atoms with E-state index in [-0.39, 0.29) is 30.4 Å². The number of nitrogens with one attached hydrogen (secondary N) is 2. The zero-order chi connectivity index (χ0) is 21.9. The smallest absolute Gasteiger partial charge is 0.374 e. The molecule has 5 rings (SSSR count). The molecule has 2 aliphatic heterocycles. The number of anilines is 1. The molecule has 32 heavy (non-hydrogen) atoms. The summed E-state index contributed by atoms with van der Waals surface area (Å²) in [5.41, 5.74) is 1.30. The zero-order valence-corrected chi connectivity index (χ0v) is 18.4. The van der Waals surface area contributed by atoms with E-state index in [0.717, 1.165) is 37.8 Å². The molecular formula is C25H32N2O5. The lowest BCUT2D eigenvalue weighted by atomic mass is 9.76. The molecule has 172 valence electrons. The first-order valence-corrected chi connectivity index (χ1v) is 12.0. The first-order valence-electron chi connectivity index (χ1n) is 12.0. The molecule has 3 heterocycles. The monoisotopic (exact) mass is 440 g/mol. The third kappa shape index (κ3) is 4.69. The molecule has 1 unspecified atom stereocenters. The number of esters is 1. The van der Waals surface area contributed by atoms with E-state index < -0.39 is 5.97 Å². The number of carbonyl (C=O) groups is 2. The van der Waals surface area contributed by atoms with Gasteiger partial charge in [-0.15, -0.1) is 0 Å². The first-order chi connectivity index (χ1) is 15.7. The van der Waals surface area contributed by atoms with E-state index in [4.69, 9.17) is 13.9 Å². The molecule has 1 aromatic heterocycles. The Hall–Kier alpha value is -2.38. The highest BCUT2D eigenvalue weighted by atomic mass is 16.6. The lowest BCUT2D eigenvalue weighted by Gasteiger charge is -2.30. The first kappa shape index (κ1) is 21.5. The van der Waals surface area contributed by atoms with Crippen molar-refractivity contribution in [2.24, 2.45) is 11.8 Å². The Labute approximate surface area is 188 Å². The van der Waals surface area contributed by atoms with Gasteiger partial charge in [0.1, 0.15) is 12.2 Å². The third-order valence-corrected chi connectivity index (χ3v) is 7.22. The second kappa shape index (κ2) is 9.63. The average molecular weight is 441 g/mol. The number of hydrogen-bond donors (Lipinski definition) is 2. The number of hydrogen-bond acceptors (Lipinski definition) is 6. The van der Waals surface area contributed by atoms with E-state index >= 15 is 0 Å². The number of carbonyl (C=O) groups excluding carboxylic acids is 2. The summed E-state index contributed by atoms with van der Waals surface area (Å²) in [6.07, 6.45) is 9.32. The summed E-state index contributed by atoms with van der Waals surface area (Å²) >= 11 is 0. The Morgan fingerprint density at radius 3 is 2.75 bits per heavy atom. The number of ether oxygens (including phenoxy) is 2. The maximum absolute atomic E-state index is 13.0. The molecule has 7 heteroatoms. The van der Waals surface area contributed by atoms with Gasteiger partial charge in [-0.25, -0.2) is 4.79 Å². The summed E-state index contributed by atoms with van der Waals surface area (Å²) in [6, 6.07) is 6.97. The molecule has 1 aliphatic carbocycles. The van der Waals surface area contributed by atoms with Gasteiger partial charge in [-0.1, -0.05) is 32.1 Å². The fourth-order valence-electron chi connectivity index (χ4n) is 5.54. The topological polar surface area (TPSA) is 89.8 Å². The largest absolute Gasteiger partial charge is 0.457 e. The van der Waals surface area contributed by atoms with Gasteiger partial charge in [-0.2, -0.15) is 0 Å². The van der Waals surface area contributed by atoms with E-state index in [1.807, 2.05) is 12.1 Å². The lowest BCUT2D eigenvalue weighted by Crippen LogP contribution is -2.42. The van der Waals surface area contributed by atoms with Crippen LogP contribution in [0.4, 0.5) is 5.69 Å². The normalized spacial score (nSPS) is 26.4. The Morgan fingerprint density at radius 2 is 1.94 bits per heavy atom. The molecule has 1 saturated carbocycles. The predicted molar refractivity (Wildman–Crippen MR) is 121 cm³/mol. The van der Waals surface area contributed by atoms with Crippen molar-refractivity contribution in [3.05, 3.63) is 30.0 Å². The summed E-state index contributed by atoms with van der Waals surface area (Å²) in [6.45, 7) is 1.87. The summed E-state index contributed by atoms with van der Waals surface area (Å²) in [5.74, 6) is 0.758. The van der Waals surface area contributed by atoms with Crippen molar-refractivity contribution in [1.82, 2.24) is 5.32 Å². The lowest BCUT2D eigenvalue weighted by molar-refractivity contribution is -0.119. The number of benzene rings is 1. The maximum Gasteiger partial charge on any atom is 0.374 e. The molecular weight excluding hydrogens is 408 g/mol. The van der Waals surface area contributed by atoms with Gasteiger partial charge < -0.3 is 24.5 Å². The quantitative estimate of drug-likeness (QED) is 0.652. The SMILES string of the molecule is O=C(OC[C@H]1CCCO1)c1cc2cc(NC(=O)[C@H]3NCCC3C3CCCCC3)ccc2o1. The predicted octanol–water partition coefficient (Wildman–Crippen LogP) is 4.27. The Morgan fingerprint density at radius 1 is 1.06 bits per heavy atom. The minimum atomic E-state index is -0.493. The highest BCUT2D eigenvalue weighted by Crippen LogP contribution is 2.36. The minimum Gasteiger partial charge on any atom is -0.457 e. The summed E-state index contributed by atoms with van der Waals surface area (Å²) in [4.78, 5) is 25.4. The number of fused-ring (bicyclic) bond motifs is 1. The van der Waals surface area contributed by atoms with Crippen LogP contribution in [0.1, 0.15) is 61.9 Å². The van der Waals surface area contributed by atoms with Crippen LogP contribution >= 0.6 is 0 Å². The van der Waals surface area contributed by atoms with E-state index in [1.165, 1.54) is 32.1 Å². The molecule has 2 saturated heterocycles. The maximum atomic E-state index is 13.0. The van der Waals surface area contributed by atoms with Crippen LogP contribution < -0.4 is 10.6 Å². The minimum absolute atomic E-state index is 0.0215. The van der Waals surface area contributed by atoms with Crippen LogP contribution in [0.2, 0.25) is 0 Å². The van der Waals surface area contributed by atoms with E-state index in [0.29, 0.717) is 23.1 Å². The van der Waals surface area contributed by atoms with Crippen molar-refractivity contribution in [3.8, 4) is 0 Å². The van der Waals surface area contributed by atoms with Crippen molar-refractivity contribution in [2.75, 3.05) is 25.1 Å². The fourth-order valence-corrected chi connectivity index (χ4v) is 5.54.